The van der Waals surface area contributed by atoms with Crippen molar-refractivity contribution in [3.8, 4) is 0 Å². The standard InChI is InChI=1S/C14H26N2O2/c1-3-7-16(8-9-17)14(18)10-12(2)13-5-4-6-15-11-13/h3,12-13,15,17H,1,4-11H2,2H3. The molecule has 4 heteroatoms. The van der Waals surface area contributed by atoms with Crippen molar-refractivity contribution in [3.05, 3.63) is 12.7 Å². The van der Waals surface area contributed by atoms with Gasteiger partial charge in [0.05, 0.1) is 6.61 Å². The number of piperidine rings is 1. The first-order chi connectivity index (χ1) is 8.69. The lowest BCUT2D eigenvalue weighted by Crippen LogP contribution is -2.38. The van der Waals surface area contributed by atoms with Crippen molar-refractivity contribution in [1.82, 2.24) is 10.2 Å². The molecule has 104 valence electrons. The Hall–Kier alpha value is -0.870. The molecule has 1 amide bonds. The number of amides is 1. The largest absolute Gasteiger partial charge is 0.395 e. The van der Waals surface area contributed by atoms with Crippen LogP contribution in [0.2, 0.25) is 0 Å². The number of carbonyl (C=O) groups is 1. The van der Waals surface area contributed by atoms with Crippen LogP contribution in [0, 0.1) is 11.8 Å². The molecule has 1 saturated heterocycles. The number of hydrogen-bond acceptors (Lipinski definition) is 3. The van der Waals surface area contributed by atoms with Crippen LogP contribution in [-0.4, -0.2) is 48.7 Å². The summed E-state index contributed by atoms with van der Waals surface area (Å²) in [7, 11) is 0. The Labute approximate surface area is 110 Å². The summed E-state index contributed by atoms with van der Waals surface area (Å²) in [5.41, 5.74) is 0. The number of hydrogen-bond donors (Lipinski definition) is 2. The molecule has 1 aliphatic heterocycles. The van der Waals surface area contributed by atoms with Crippen molar-refractivity contribution < 1.29 is 9.90 Å². The molecule has 0 radical (unpaired) electrons. The van der Waals surface area contributed by atoms with Gasteiger partial charge in [0.25, 0.3) is 0 Å². The summed E-state index contributed by atoms with van der Waals surface area (Å²) in [6, 6.07) is 0. The average molecular weight is 254 g/mol. The molecule has 2 atom stereocenters. The molecule has 0 aromatic heterocycles. The summed E-state index contributed by atoms with van der Waals surface area (Å²) in [5.74, 6) is 1.13. The summed E-state index contributed by atoms with van der Waals surface area (Å²) < 4.78 is 0. The van der Waals surface area contributed by atoms with E-state index in [2.05, 4.69) is 18.8 Å². The number of nitrogens with one attached hydrogen (secondary N) is 1. The normalized spacial score (nSPS) is 21.3. The van der Waals surface area contributed by atoms with E-state index >= 15 is 0 Å². The van der Waals surface area contributed by atoms with Crippen molar-refractivity contribution >= 4 is 5.91 Å². The summed E-state index contributed by atoms with van der Waals surface area (Å²) in [6.07, 6.45) is 4.69. The molecule has 4 nitrogen and oxygen atoms in total. The SMILES string of the molecule is C=CCN(CCO)C(=O)CC(C)C1CCCNC1. The van der Waals surface area contributed by atoms with Crippen LogP contribution in [0.3, 0.4) is 0 Å². The molecular weight excluding hydrogens is 228 g/mol. The van der Waals surface area contributed by atoms with Gasteiger partial charge in [-0.05, 0) is 37.8 Å². The lowest BCUT2D eigenvalue weighted by atomic mass is 9.85. The minimum Gasteiger partial charge on any atom is -0.395 e. The monoisotopic (exact) mass is 254 g/mol. The van der Waals surface area contributed by atoms with Gasteiger partial charge in [-0.2, -0.15) is 0 Å². The molecule has 0 spiro atoms. The molecule has 1 fully saturated rings. The van der Waals surface area contributed by atoms with E-state index in [-0.39, 0.29) is 12.5 Å². The molecular formula is C14H26N2O2. The van der Waals surface area contributed by atoms with Crippen LogP contribution < -0.4 is 5.32 Å². The van der Waals surface area contributed by atoms with E-state index < -0.39 is 0 Å². The third kappa shape index (κ3) is 4.78. The Bertz CT molecular complexity index is 263. The fourth-order valence-corrected chi connectivity index (χ4v) is 2.53. The predicted octanol–water partition coefficient (Wildman–Crippen LogP) is 1.02. The van der Waals surface area contributed by atoms with Gasteiger partial charge in [0.15, 0.2) is 0 Å². The predicted molar refractivity (Wildman–Crippen MR) is 73.2 cm³/mol. The second-order valence-corrected chi connectivity index (χ2v) is 5.14. The maximum absolute atomic E-state index is 12.1. The molecule has 0 aliphatic carbocycles. The molecule has 1 heterocycles. The van der Waals surface area contributed by atoms with Crippen molar-refractivity contribution in [3.63, 3.8) is 0 Å². The van der Waals surface area contributed by atoms with Crippen LogP contribution in [0.5, 0.6) is 0 Å². The van der Waals surface area contributed by atoms with Crippen LogP contribution in [-0.2, 0) is 4.79 Å². The van der Waals surface area contributed by atoms with Gasteiger partial charge in [-0.25, -0.2) is 0 Å². The zero-order chi connectivity index (χ0) is 13.4. The summed E-state index contributed by atoms with van der Waals surface area (Å²) in [5, 5.41) is 12.3. The fraction of sp³-hybridized carbons (Fsp3) is 0.786. The summed E-state index contributed by atoms with van der Waals surface area (Å²) in [6.45, 7) is 8.87. The smallest absolute Gasteiger partial charge is 0.223 e. The maximum Gasteiger partial charge on any atom is 0.223 e. The molecule has 0 aromatic rings. The van der Waals surface area contributed by atoms with Gasteiger partial charge >= 0.3 is 0 Å². The molecule has 1 aliphatic rings. The highest BCUT2D eigenvalue weighted by Gasteiger charge is 2.23. The number of nitrogens with zero attached hydrogens (tertiary/aromatic N) is 1. The van der Waals surface area contributed by atoms with Gasteiger partial charge in [-0.1, -0.05) is 13.0 Å². The van der Waals surface area contributed by atoms with E-state index in [9.17, 15) is 4.79 Å². The highest BCUT2D eigenvalue weighted by molar-refractivity contribution is 5.76. The van der Waals surface area contributed by atoms with Gasteiger partial charge in [-0.3, -0.25) is 4.79 Å². The Morgan fingerprint density at radius 1 is 1.67 bits per heavy atom. The van der Waals surface area contributed by atoms with E-state index in [1.165, 1.54) is 12.8 Å². The van der Waals surface area contributed by atoms with Gasteiger partial charge in [0, 0.05) is 19.5 Å². The van der Waals surface area contributed by atoms with Gasteiger partial charge in [0.1, 0.15) is 0 Å². The van der Waals surface area contributed by atoms with Gasteiger partial charge < -0.3 is 15.3 Å². The van der Waals surface area contributed by atoms with Gasteiger partial charge in [0.2, 0.25) is 5.91 Å². The number of aliphatic hydroxyl groups is 1. The molecule has 0 saturated carbocycles. The lowest BCUT2D eigenvalue weighted by molar-refractivity contribution is -0.132. The van der Waals surface area contributed by atoms with Gasteiger partial charge in [-0.15, -0.1) is 6.58 Å². The average Bonchev–Trinajstić information content (AvgIpc) is 2.39. The third-order valence-electron chi connectivity index (χ3n) is 3.71. The number of rotatable bonds is 7. The first kappa shape index (κ1) is 15.2. The van der Waals surface area contributed by atoms with Crippen LogP contribution in [0.15, 0.2) is 12.7 Å². The second-order valence-electron chi connectivity index (χ2n) is 5.14. The van der Waals surface area contributed by atoms with Crippen molar-refractivity contribution in [2.45, 2.75) is 26.2 Å². The van der Waals surface area contributed by atoms with Crippen LogP contribution in [0.25, 0.3) is 0 Å². The Balaban J connectivity index is 2.42. The van der Waals surface area contributed by atoms with E-state index in [1.807, 2.05) is 0 Å². The Morgan fingerprint density at radius 2 is 2.44 bits per heavy atom. The highest BCUT2D eigenvalue weighted by Crippen LogP contribution is 2.23. The molecule has 1 rings (SSSR count). The van der Waals surface area contributed by atoms with Crippen molar-refractivity contribution in [1.29, 1.82) is 0 Å². The van der Waals surface area contributed by atoms with Crippen LogP contribution >= 0.6 is 0 Å². The van der Waals surface area contributed by atoms with Crippen molar-refractivity contribution in [2.75, 3.05) is 32.8 Å². The Morgan fingerprint density at radius 3 is 3.00 bits per heavy atom. The first-order valence-electron chi connectivity index (χ1n) is 6.89. The first-order valence-corrected chi connectivity index (χ1v) is 6.89. The number of aliphatic hydroxyl groups excluding tert-OH is 1. The van der Waals surface area contributed by atoms with E-state index in [1.54, 1.807) is 11.0 Å². The molecule has 2 N–H and O–H groups in total. The fourth-order valence-electron chi connectivity index (χ4n) is 2.53. The Kier molecular flexibility index (Phi) is 6.98. The van der Waals surface area contributed by atoms with Crippen LogP contribution in [0.1, 0.15) is 26.2 Å². The summed E-state index contributed by atoms with van der Waals surface area (Å²) in [4.78, 5) is 13.8. The minimum atomic E-state index is 0.0128. The zero-order valence-electron chi connectivity index (χ0n) is 11.4. The highest BCUT2D eigenvalue weighted by atomic mass is 16.3. The molecule has 0 aromatic carbocycles. The maximum atomic E-state index is 12.1. The molecule has 2 unspecified atom stereocenters. The topological polar surface area (TPSA) is 52.6 Å². The second kappa shape index (κ2) is 8.27. The van der Waals surface area contributed by atoms with E-state index in [4.69, 9.17) is 5.11 Å². The van der Waals surface area contributed by atoms with Crippen LogP contribution in [0.4, 0.5) is 0 Å². The number of carbonyl (C=O) groups excluding carboxylic acids is 1. The van der Waals surface area contributed by atoms with E-state index in [0.717, 1.165) is 13.1 Å². The lowest BCUT2D eigenvalue weighted by Gasteiger charge is -2.29. The van der Waals surface area contributed by atoms with Crippen molar-refractivity contribution in [2.24, 2.45) is 11.8 Å². The van der Waals surface area contributed by atoms with E-state index in [0.29, 0.717) is 31.3 Å². The minimum absolute atomic E-state index is 0.0128. The summed E-state index contributed by atoms with van der Waals surface area (Å²) >= 11 is 0. The quantitative estimate of drug-likeness (QED) is 0.667. The third-order valence-corrected chi connectivity index (χ3v) is 3.71. The zero-order valence-corrected chi connectivity index (χ0v) is 11.4. The molecule has 0 bridgehead atoms. The molecule has 18 heavy (non-hydrogen) atoms.